The maximum Gasteiger partial charge on any atom is 0.268 e. The predicted molar refractivity (Wildman–Crippen MR) is 89.3 cm³/mol. The summed E-state index contributed by atoms with van der Waals surface area (Å²) in [6, 6.07) is 6.13. The van der Waals surface area contributed by atoms with Gasteiger partial charge in [-0.05, 0) is 24.0 Å². The van der Waals surface area contributed by atoms with Crippen LogP contribution in [0.2, 0.25) is 0 Å². The Hall–Kier alpha value is -2.19. The second-order valence-corrected chi connectivity index (χ2v) is 6.58. The lowest BCUT2D eigenvalue weighted by atomic mass is 10.2. The molecule has 0 bridgehead atoms. The zero-order chi connectivity index (χ0) is 15.5. The van der Waals surface area contributed by atoms with Crippen molar-refractivity contribution in [3.63, 3.8) is 0 Å². The molecular weight excluding hydrogens is 318 g/mol. The van der Waals surface area contributed by atoms with Gasteiger partial charge in [-0.25, -0.2) is 9.97 Å². The van der Waals surface area contributed by atoms with Gasteiger partial charge in [0.25, 0.3) is 5.91 Å². The van der Waals surface area contributed by atoms with Crippen LogP contribution in [-0.2, 0) is 6.54 Å². The molecule has 1 aromatic carbocycles. The normalized spacial score (nSPS) is 10.8. The van der Waals surface area contributed by atoms with Gasteiger partial charge < -0.3 is 11.1 Å². The lowest BCUT2D eigenvalue weighted by molar-refractivity contribution is 0.0995. The summed E-state index contributed by atoms with van der Waals surface area (Å²) in [5, 5.41) is 3.14. The van der Waals surface area contributed by atoms with Crippen LogP contribution in [-0.4, -0.2) is 27.1 Å². The molecule has 8 heteroatoms. The van der Waals surface area contributed by atoms with Crippen molar-refractivity contribution in [3.8, 4) is 0 Å². The van der Waals surface area contributed by atoms with E-state index in [-0.39, 0.29) is 5.69 Å². The van der Waals surface area contributed by atoms with Crippen molar-refractivity contribution in [3.05, 3.63) is 41.9 Å². The number of carbonyl (C=O) groups excluding carboxylic acids is 1. The van der Waals surface area contributed by atoms with Gasteiger partial charge in [0.1, 0.15) is 11.5 Å². The smallest absolute Gasteiger partial charge is 0.268 e. The van der Waals surface area contributed by atoms with E-state index < -0.39 is 5.91 Å². The molecule has 112 valence electrons. The van der Waals surface area contributed by atoms with Crippen molar-refractivity contribution < 1.29 is 4.79 Å². The molecular formula is C14H13N5OS2. The number of hydrogen-bond donors (Lipinski definition) is 2. The Balaban J connectivity index is 1.75. The van der Waals surface area contributed by atoms with Crippen LogP contribution in [0.15, 0.2) is 34.9 Å². The average molecular weight is 331 g/mol. The van der Waals surface area contributed by atoms with E-state index in [4.69, 9.17) is 5.73 Å². The summed E-state index contributed by atoms with van der Waals surface area (Å²) in [6.07, 6.45) is 4.93. The van der Waals surface area contributed by atoms with Crippen LogP contribution in [0.25, 0.3) is 10.2 Å². The summed E-state index contributed by atoms with van der Waals surface area (Å²) in [6.45, 7) is 0.583. The van der Waals surface area contributed by atoms with E-state index in [0.29, 0.717) is 12.4 Å². The Labute approximate surface area is 135 Å². The third-order valence-corrected chi connectivity index (χ3v) is 4.97. The standard InChI is InChI=1S/C14H13N5OS2/c1-21-14-19-9-3-2-8(4-11(9)22-14)5-17-12-7-16-6-10(18-12)13(15)20/h2-4,6-7H,5H2,1H3,(H2,15,20)(H,17,18). The third-order valence-electron chi connectivity index (χ3n) is 2.97. The fourth-order valence-electron chi connectivity index (χ4n) is 1.91. The molecule has 0 aliphatic rings. The SMILES string of the molecule is CSc1nc2ccc(CNc3cncc(C(N)=O)n3)cc2s1. The number of anilines is 1. The van der Waals surface area contributed by atoms with E-state index in [2.05, 4.69) is 26.3 Å². The van der Waals surface area contributed by atoms with Crippen molar-refractivity contribution in [1.29, 1.82) is 0 Å². The van der Waals surface area contributed by atoms with Crippen LogP contribution in [0.1, 0.15) is 16.1 Å². The number of hydrogen-bond acceptors (Lipinski definition) is 7. The van der Waals surface area contributed by atoms with Crippen molar-refractivity contribution >= 4 is 45.0 Å². The first-order chi connectivity index (χ1) is 10.7. The monoisotopic (exact) mass is 331 g/mol. The summed E-state index contributed by atoms with van der Waals surface area (Å²) in [5.74, 6) is -0.0719. The number of aromatic nitrogens is 3. The molecule has 0 radical (unpaired) electrons. The minimum absolute atomic E-state index is 0.146. The fourth-order valence-corrected chi connectivity index (χ4v) is 3.46. The molecule has 3 N–H and O–H groups in total. The van der Waals surface area contributed by atoms with Crippen molar-refractivity contribution in [1.82, 2.24) is 15.0 Å². The quantitative estimate of drug-likeness (QED) is 0.698. The van der Waals surface area contributed by atoms with Gasteiger partial charge in [0.15, 0.2) is 4.34 Å². The summed E-state index contributed by atoms with van der Waals surface area (Å²) >= 11 is 3.32. The van der Waals surface area contributed by atoms with Gasteiger partial charge in [-0.15, -0.1) is 11.3 Å². The summed E-state index contributed by atoms with van der Waals surface area (Å²) in [4.78, 5) is 23.6. The van der Waals surface area contributed by atoms with Gasteiger partial charge in [0.05, 0.1) is 22.6 Å². The van der Waals surface area contributed by atoms with E-state index in [0.717, 1.165) is 20.1 Å². The molecule has 0 spiro atoms. The van der Waals surface area contributed by atoms with Crippen molar-refractivity contribution in [2.45, 2.75) is 10.9 Å². The molecule has 0 aliphatic heterocycles. The Morgan fingerprint density at radius 1 is 1.36 bits per heavy atom. The highest BCUT2D eigenvalue weighted by Crippen LogP contribution is 2.28. The topological polar surface area (TPSA) is 93.8 Å². The first kappa shape index (κ1) is 14.7. The van der Waals surface area contributed by atoms with Crippen LogP contribution < -0.4 is 11.1 Å². The molecule has 3 aromatic rings. The number of amides is 1. The maximum absolute atomic E-state index is 11.1. The number of nitrogens with one attached hydrogen (secondary N) is 1. The first-order valence-electron chi connectivity index (χ1n) is 6.45. The Morgan fingerprint density at radius 3 is 3.00 bits per heavy atom. The Kier molecular flexibility index (Phi) is 4.21. The number of carbonyl (C=O) groups is 1. The Bertz CT molecular complexity index is 833. The number of nitrogens with zero attached hydrogens (tertiary/aromatic N) is 3. The van der Waals surface area contributed by atoms with Gasteiger partial charge >= 0.3 is 0 Å². The average Bonchev–Trinajstić information content (AvgIpc) is 2.95. The fraction of sp³-hybridized carbons (Fsp3) is 0.143. The highest BCUT2D eigenvalue weighted by molar-refractivity contribution is 8.00. The van der Waals surface area contributed by atoms with Crippen LogP contribution in [0.5, 0.6) is 0 Å². The number of rotatable bonds is 5. The van der Waals surface area contributed by atoms with E-state index in [1.165, 1.54) is 6.20 Å². The number of benzene rings is 1. The molecule has 0 saturated heterocycles. The molecule has 3 rings (SSSR count). The van der Waals surface area contributed by atoms with Gasteiger partial charge in [0, 0.05) is 6.54 Å². The van der Waals surface area contributed by atoms with Crippen LogP contribution in [0.4, 0.5) is 5.82 Å². The highest BCUT2D eigenvalue weighted by atomic mass is 32.2. The number of fused-ring (bicyclic) bond motifs is 1. The molecule has 1 amide bonds. The van der Waals surface area contributed by atoms with E-state index in [9.17, 15) is 4.79 Å². The molecule has 2 heterocycles. The summed E-state index contributed by atoms with van der Waals surface area (Å²) in [7, 11) is 0. The lowest BCUT2D eigenvalue weighted by Crippen LogP contribution is -2.14. The molecule has 2 aromatic heterocycles. The molecule has 22 heavy (non-hydrogen) atoms. The molecule has 0 unspecified atom stereocenters. The maximum atomic E-state index is 11.1. The summed E-state index contributed by atoms with van der Waals surface area (Å²) in [5.41, 5.74) is 7.45. The largest absolute Gasteiger partial charge is 0.365 e. The first-order valence-corrected chi connectivity index (χ1v) is 8.49. The van der Waals surface area contributed by atoms with Crippen molar-refractivity contribution in [2.75, 3.05) is 11.6 Å². The van der Waals surface area contributed by atoms with E-state index in [1.807, 2.05) is 18.4 Å². The Morgan fingerprint density at radius 2 is 2.23 bits per heavy atom. The van der Waals surface area contributed by atoms with Gasteiger partial charge in [-0.2, -0.15) is 0 Å². The molecule has 0 fully saturated rings. The number of primary amides is 1. The van der Waals surface area contributed by atoms with Gasteiger partial charge in [-0.3, -0.25) is 9.78 Å². The van der Waals surface area contributed by atoms with E-state index >= 15 is 0 Å². The number of thioether (sulfide) groups is 1. The minimum Gasteiger partial charge on any atom is -0.365 e. The number of thiazole rings is 1. The van der Waals surface area contributed by atoms with Gasteiger partial charge in [0.2, 0.25) is 0 Å². The number of nitrogens with two attached hydrogens (primary N) is 1. The van der Waals surface area contributed by atoms with E-state index in [1.54, 1.807) is 29.3 Å². The predicted octanol–water partition coefficient (Wildman–Crippen LogP) is 2.52. The lowest BCUT2D eigenvalue weighted by Gasteiger charge is -2.06. The molecule has 0 aliphatic carbocycles. The van der Waals surface area contributed by atoms with Gasteiger partial charge in [-0.1, -0.05) is 17.8 Å². The highest BCUT2D eigenvalue weighted by Gasteiger charge is 2.06. The van der Waals surface area contributed by atoms with Crippen LogP contribution in [0, 0.1) is 0 Å². The minimum atomic E-state index is -0.591. The molecule has 0 saturated carbocycles. The zero-order valence-corrected chi connectivity index (χ0v) is 13.4. The zero-order valence-electron chi connectivity index (χ0n) is 11.7. The van der Waals surface area contributed by atoms with Crippen molar-refractivity contribution in [2.24, 2.45) is 5.73 Å². The molecule has 0 atom stereocenters. The van der Waals surface area contributed by atoms with Crippen LogP contribution >= 0.6 is 23.1 Å². The van der Waals surface area contributed by atoms with Crippen LogP contribution in [0.3, 0.4) is 0 Å². The summed E-state index contributed by atoms with van der Waals surface area (Å²) < 4.78 is 2.21. The molecule has 6 nitrogen and oxygen atoms in total. The second-order valence-electron chi connectivity index (χ2n) is 4.49. The third kappa shape index (κ3) is 3.18. The second kappa shape index (κ2) is 6.29.